The summed E-state index contributed by atoms with van der Waals surface area (Å²) >= 11 is 1.59. The van der Waals surface area contributed by atoms with Crippen molar-refractivity contribution in [2.75, 3.05) is 6.61 Å². The van der Waals surface area contributed by atoms with Gasteiger partial charge in [-0.3, -0.25) is 0 Å². The highest BCUT2D eigenvalue weighted by Gasteiger charge is 2.42. The molecule has 2 fully saturated rings. The van der Waals surface area contributed by atoms with E-state index in [0.29, 0.717) is 10.4 Å². The van der Waals surface area contributed by atoms with Crippen LogP contribution in [-0.2, 0) is 4.74 Å². The summed E-state index contributed by atoms with van der Waals surface area (Å²) in [6.07, 6.45) is 5.89. The molecule has 4 nitrogen and oxygen atoms in total. The summed E-state index contributed by atoms with van der Waals surface area (Å²) in [5.41, 5.74) is 5.78. The monoisotopic (exact) mass is 215 g/mol. The molecule has 4 N–H and O–H groups in total. The standard InChI is InChI=1S/C9H17N3OS/c10-8(12-11)14-7-2-5-13-9(6-7)3-1-4-9/h7H,1-6,11H2,(H2,10,12). The predicted octanol–water partition coefficient (Wildman–Crippen LogP) is 1.01. The number of nitrogens with zero attached hydrogens (tertiary/aromatic N) is 1. The quantitative estimate of drug-likeness (QED) is 0.296. The average molecular weight is 215 g/mol. The number of rotatable bonds is 1. The first kappa shape index (κ1) is 10.1. The van der Waals surface area contributed by atoms with Crippen molar-refractivity contribution in [3.8, 4) is 0 Å². The topological polar surface area (TPSA) is 73.6 Å². The lowest BCUT2D eigenvalue weighted by atomic mass is 9.75. The molecular formula is C9H17N3OS. The molecule has 5 heteroatoms. The second-order valence-electron chi connectivity index (χ2n) is 4.09. The van der Waals surface area contributed by atoms with Crippen molar-refractivity contribution < 1.29 is 4.74 Å². The van der Waals surface area contributed by atoms with Crippen LogP contribution in [0.25, 0.3) is 0 Å². The molecule has 1 saturated carbocycles. The molecule has 1 heterocycles. The third-order valence-corrected chi connectivity index (χ3v) is 4.21. The number of hydrogen-bond acceptors (Lipinski definition) is 4. The fraction of sp³-hybridized carbons (Fsp3) is 0.889. The molecule has 0 aromatic carbocycles. The molecule has 2 aliphatic rings. The molecule has 1 unspecified atom stereocenters. The van der Waals surface area contributed by atoms with E-state index in [2.05, 4.69) is 5.10 Å². The first-order chi connectivity index (χ1) is 6.74. The smallest absolute Gasteiger partial charge is 0.177 e. The molecule has 0 amide bonds. The van der Waals surface area contributed by atoms with Crippen molar-refractivity contribution in [3.05, 3.63) is 0 Å². The number of ether oxygens (including phenoxy) is 1. The fourth-order valence-electron chi connectivity index (χ4n) is 2.20. The number of thioether (sulfide) groups is 1. The molecule has 1 aliphatic carbocycles. The van der Waals surface area contributed by atoms with Crippen LogP contribution in [0, 0.1) is 0 Å². The highest BCUT2D eigenvalue weighted by atomic mass is 32.2. The molecule has 1 saturated heterocycles. The van der Waals surface area contributed by atoms with Gasteiger partial charge in [0.15, 0.2) is 5.17 Å². The van der Waals surface area contributed by atoms with Crippen LogP contribution in [0.4, 0.5) is 0 Å². The van der Waals surface area contributed by atoms with E-state index in [1.807, 2.05) is 0 Å². The van der Waals surface area contributed by atoms with Gasteiger partial charge in [0.05, 0.1) is 5.60 Å². The number of nitrogens with two attached hydrogens (primary N) is 2. The molecule has 0 aromatic rings. The van der Waals surface area contributed by atoms with Gasteiger partial charge in [0, 0.05) is 11.9 Å². The summed E-state index contributed by atoms with van der Waals surface area (Å²) in [7, 11) is 0. The minimum Gasteiger partial charge on any atom is -0.377 e. The third-order valence-electron chi connectivity index (χ3n) is 3.13. The Kier molecular flexibility index (Phi) is 2.88. The van der Waals surface area contributed by atoms with Crippen molar-refractivity contribution in [2.45, 2.75) is 43.0 Å². The first-order valence-electron chi connectivity index (χ1n) is 5.08. The molecule has 1 spiro atoms. The van der Waals surface area contributed by atoms with Gasteiger partial charge in [-0.1, -0.05) is 11.8 Å². The Bertz CT molecular complexity index is 240. The second-order valence-corrected chi connectivity index (χ2v) is 5.41. The van der Waals surface area contributed by atoms with Crippen LogP contribution < -0.4 is 11.6 Å². The minimum atomic E-state index is 0.185. The lowest BCUT2D eigenvalue weighted by Crippen LogP contribution is -2.46. The van der Waals surface area contributed by atoms with Crippen molar-refractivity contribution >= 4 is 16.9 Å². The molecular weight excluding hydrogens is 198 g/mol. The van der Waals surface area contributed by atoms with Gasteiger partial charge in [-0.05, 0) is 32.1 Å². The molecule has 0 radical (unpaired) electrons. The van der Waals surface area contributed by atoms with E-state index in [-0.39, 0.29) is 5.60 Å². The van der Waals surface area contributed by atoms with E-state index in [9.17, 15) is 0 Å². The number of amidine groups is 1. The maximum atomic E-state index is 5.82. The molecule has 0 aromatic heterocycles. The van der Waals surface area contributed by atoms with Crippen LogP contribution in [0.5, 0.6) is 0 Å². The molecule has 1 aliphatic heterocycles. The van der Waals surface area contributed by atoms with E-state index in [0.717, 1.165) is 19.4 Å². The summed E-state index contributed by atoms with van der Waals surface area (Å²) in [4.78, 5) is 0. The van der Waals surface area contributed by atoms with Crippen LogP contribution in [0.1, 0.15) is 32.1 Å². The number of hydrogen-bond donors (Lipinski definition) is 2. The maximum absolute atomic E-state index is 5.82. The van der Waals surface area contributed by atoms with Crippen LogP contribution in [0.2, 0.25) is 0 Å². The van der Waals surface area contributed by atoms with Crippen LogP contribution in [0.15, 0.2) is 5.10 Å². The summed E-state index contributed by atoms with van der Waals surface area (Å²) in [6, 6.07) is 0. The Morgan fingerprint density at radius 3 is 2.86 bits per heavy atom. The lowest BCUT2D eigenvalue weighted by Gasteiger charge is -2.46. The van der Waals surface area contributed by atoms with Crippen molar-refractivity contribution in [1.82, 2.24) is 0 Å². The molecule has 2 rings (SSSR count). The van der Waals surface area contributed by atoms with E-state index < -0.39 is 0 Å². The van der Waals surface area contributed by atoms with Crippen molar-refractivity contribution in [2.24, 2.45) is 16.7 Å². The van der Waals surface area contributed by atoms with Gasteiger partial charge in [-0.25, -0.2) is 0 Å². The molecule has 80 valence electrons. The summed E-state index contributed by atoms with van der Waals surface area (Å²) in [6.45, 7) is 0.857. The number of hydrazone groups is 1. The van der Waals surface area contributed by atoms with Gasteiger partial charge in [-0.15, -0.1) is 0 Å². The van der Waals surface area contributed by atoms with Gasteiger partial charge < -0.3 is 16.3 Å². The van der Waals surface area contributed by atoms with Gasteiger partial charge >= 0.3 is 0 Å². The Morgan fingerprint density at radius 2 is 2.29 bits per heavy atom. The normalized spacial score (nSPS) is 31.4. The highest BCUT2D eigenvalue weighted by molar-refractivity contribution is 8.14. The largest absolute Gasteiger partial charge is 0.377 e. The zero-order chi connectivity index (χ0) is 10.0. The fourth-order valence-corrected chi connectivity index (χ4v) is 3.21. The average Bonchev–Trinajstić information content (AvgIpc) is 2.16. The Morgan fingerprint density at radius 1 is 1.50 bits per heavy atom. The van der Waals surface area contributed by atoms with Crippen molar-refractivity contribution in [1.29, 1.82) is 0 Å². The predicted molar refractivity (Wildman–Crippen MR) is 59.0 cm³/mol. The minimum absolute atomic E-state index is 0.185. The van der Waals surface area contributed by atoms with Gasteiger partial charge in [0.25, 0.3) is 0 Å². The maximum Gasteiger partial charge on any atom is 0.177 e. The summed E-state index contributed by atoms with van der Waals surface area (Å²) < 4.78 is 5.82. The van der Waals surface area contributed by atoms with Crippen LogP contribution in [-0.4, -0.2) is 22.6 Å². The zero-order valence-corrected chi connectivity index (χ0v) is 9.05. The zero-order valence-electron chi connectivity index (χ0n) is 8.24. The second kappa shape index (κ2) is 3.98. The van der Waals surface area contributed by atoms with Gasteiger partial charge in [0.1, 0.15) is 0 Å². The van der Waals surface area contributed by atoms with E-state index in [1.54, 1.807) is 11.8 Å². The molecule has 14 heavy (non-hydrogen) atoms. The molecule has 0 bridgehead atoms. The van der Waals surface area contributed by atoms with Gasteiger partial charge in [0.2, 0.25) is 0 Å². The van der Waals surface area contributed by atoms with E-state index >= 15 is 0 Å². The Labute approximate surface area is 88.4 Å². The Balaban J connectivity index is 1.88. The van der Waals surface area contributed by atoms with Crippen molar-refractivity contribution in [3.63, 3.8) is 0 Å². The SMILES string of the molecule is NN=C(N)SC1CCOC2(CCC2)C1. The third kappa shape index (κ3) is 1.98. The Hall–Kier alpha value is -0.420. The van der Waals surface area contributed by atoms with Gasteiger partial charge in [-0.2, -0.15) is 5.10 Å². The lowest BCUT2D eigenvalue weighted by molar-refractivity contribution is -0.124. The van der Waals surface area contributed by atoms with E-state index in [4.69, 9.17) is 16.3 Å². The highest BCUT2D eigenvalue weighted by Crippen LogP contribution is 2.44. The first-order valence-corrected chi connectivity index (χ1v) is 5.96. The van der Waals surface area contributed by atoms with Crippen LogP contribution in [0.3, 0.4) is 0 Å². The van der Waals surface area contributed by atoms with Crippen LogP contribution >= 0.6 is 11.8 Å². The summed E-state index contributed by atoms with van der Waals surface area (Å²) in [5.74, 6) is 5.11. The summed E-state index contributed by atoms with van der Waals surface area (Å²) in [5, 5.41) is 4.52. The molecule has 1 atom stereocenters. The van der Waals surface area contributed by atoms with E-state index in [1.165, 1.54) is 19.3 Å².